The second-order valence-corrected chi connectivity index (χ2v) is 3.10. The fourth-order valence-corrected chi connectivity index (χ4v) is 1.35. The molecular formula is C9H9BrNY-. The van der Waals surface area contributed by atoms with Crippen molar-refractivity contribution in [2.24, 2.45) is 0 Å². The third kappa shape index (κ3) is 2.68. The van der Waals surface area contributed by atoms with Crippen LogP contribution >= 0.6 is 15.9 Å². The van der Waals surface area contributed by atoms with Crippen LogP contribution in [0.5, 0.6) is 0 Å². The van der Waals surface area contributed by atoms with Gasteiger partial charge in [-0.05, 0) is 7.05 Å². The molecule has 0 aliphatic carbocycles. The number of hydrogen-bond acceptors (Lipinski definition) is 1. The largest absolute Gasteiger partial charge is 0.462 e. The van der Waals surface area contributed by atoms with Gasteiger partial charge in [0.25, 0.3) is 0 Å². The zero-order valence-electron chi connectivity index (χ0n) is 6.97. The normalized spacial score (nSPS) is 16.2. The van der Waals surface area contributed by atoms with Gasteiger partial charge in [-0.15, -0.1) is 24.3 Å². The van der Waals surface area contributed by atoms with Crippen molar-refractivity contribution in [3.05, 3.63) is 47.3 Å². The second-order valence-electron chi connectivity index (χ2n) is 2.30. The Bertz CT molecular complexity index is 266. The number of hydrogen-bond donors (Lipinski definition) is 0. The number of rotatable bonds is 1. The Kier molecular flexibility index (Phi) is 5.30. The van der Waals surface area contributed by atoms with Gasteiger partial charge in [-0.25, -0.2) is 0 Å². The van der Waals surface area contributed by atoms with E-state index < -0.39 is 0 Å². The molecule has 1 nitrogen and oxygen atoms in total. The van der Waals surface area contributed by atoms with Crippen molar-refractivity contribution in [3.8, 4) is 0 Å². The summed E-state index contributed by atoms with van der Waals surface area (Å²) in [6, 6.07) is 0. The molecule has 3 heteroatoms. The monoisotopic (exact) mass is 299 g/mol. The van der Waals surface area contributed by atoms with E-state index in [1.165, 1.54) is 0 Å². The summed E-state index contributed by atoms with van der Waals surface area (Å²) in [7, 11) is 1.91. The van der Waals surface area contributed by atoms with Gasteiger partial charge in [0.2, 0.25) is 0 Å². The van der Waals surface area contributed by atoms with Crippen LogP contribution in [0.1, 0.15) is 0 Å². The summed E-state index contributed by atoms with van der Waals surface area (Å²) in [5.74, 6) is 0. The molecule has 0 aromatic heterocycles. The smallest absolute Gasteiger partial charge is 0 e. The second kappa shape index (κ2) is 5.16. The van der Waals surface area contributed by atoms with Gasteiger partial charge in [0, 0.05) is 32.7 Å². The first-order valence-corrected chi connectivity index (χ1v) is 4.00. The zero-order valence-corrected chi connectivity index (χ0v) is 11.4. The van der Waals surface area contributed by atoms with Gasteiger partial charge in [-0.3, -0.25) is 0 Å². The molecule has 61 valence electrons. The van der Waals surface area contributed by atoms with E-state index in [2.05, 4.69) is 35.3 Å². The minimum atomic E-state index is 0. The molecule has 1 aliphatic heterocycles. The van der Waals surface area contributed by atoms with Crippen LogP contribution in [0, 0.1) is 6.20 Å². The van der Waals surface area contributed by atoms with E-state index in [1.54, 1.807) is 6.08 Å². The molecule has 1 aliphatic rings. The predicted molar refractivity (Wildman–Crippen MR) is 50.9 cm³/mol. The molecule has 12 heavy (non-hydrogen) atoms. The molecule has 0 amide bonds. The summed E-state index contributed by atoms with van der Waals surface area (Å²) in [6.07, 6.45) is 6.75. The fraction of sp³-hybridized carbons (Fsp3) is 0.111. The third-order valence-corrected chi connectivity index (χ3v) is 2.10. The average Bonchev–Trinajstić information content (AvgIpc) is 1.96. The van der Waals surface area contributed by atoms with E-state index in [-0.39, 0.29) is 32.7 Å². The zero-order chi connectivity index (χ0) is 8.43. The third-order valence-electron chi connectivity index (χ3n) is 1.44. The molecule has 1 rings (SSSR count). The summed E-state index contributed by atoms with van der Waals surface area (Å²) < 4.78 is 0.886. The van der Waals surface area contributed by atoms with E-state index >= 15 is 0 Å². The quantitative estimate of drug-likeness (QED) is 0.673. The molecule has 1 heterocycles. The Labute approximate surface area is 107 Å². The van der Waals surface area contributed by atoms with E-state index in [9.17, 15) is 0 Å². The van der Waals surface area contributed by atoms with Gasteiger partial charge < -0.3 is 4.90 Å². The summed E-state index contributed by atoms with van der Waals surface area (Å²) in [4.78, 5) is 1.84. The predicted octanol–water partition coefficient (Wildman–Crippen LogP) is 2.59. The molecule has 0 saturated heterocycles. The average molecular weight is 300 g/mol. The minimum Gasteiger partial charge on any atom is -0.462 e. The summed E-state index contributed by atoms with van der Waals surface area (Å²) >= 11 is 3.35. The maximum Gasteiger partial charge on any atom is 0 e. The van der Waals surface area contributed by atoms with Gasteiger partial charge in [0.05, 0.1) is 0 Å². The first-order chi connectivity index (χ1) is 5.15. The first-order valence-electron chi connectivity index (χ1n) is 3.21. The van der Waals surface area contributed by atoms with Crippen LogP contribution in [-0.4, -0.2) is 11.9 Å². The first kappa shape index (κ1) is 12.3. The van der Waals surface area contributed by atoms with Gasteiger partial charge >= 0.3 is 0 Å². The summed E-state index contributed by atoms with van der Waals surface area (Å²) in [5.41, 5.74) is 1.95. The Morgan fingerprint density at radius 2 is 2.25 bits per heavy atom. The van der Waals surface area contributed by atoms with Crippen LogP contribution in [0.3, 0.4) is 0 Å². The Hall–Kier alpha value is 0.344. The van der Waals surface area contributed by atoms with Crippen molar-refractivity contribution in [2.75, 3.05) is 7.05 Å². The Morgan fingerprint density at radius 1 is 1.67 bits per heavy atom. The van der Waals surface area contributed by atoms with Gasteiger partial charge in [-0.2, -0.15) is 0 Å². The van der Waals surface area contributed by atoms with Crippen LogP contribution in [0.2, 0.25) is 0 Å². The Morgan fingerprint density at radius 3 is 2.75 bits per heavy atom. The van der Waals surface area contributed by atoms with Crippen molar-refractivity contribution in [1.82, 2.24) is 4.90 Å². The van der Waals surface area contributed by atoms with E-state index in [0.29, 0.717) is 0 Å². The summed E-state index contributed by atoms with van der Waals surface area (Å²) in [6.45, 7) is 7.56. The molecule has 0 saturated carbocycles. The van der Waals surface area contributed by atoms with Crippen molar-refractivity contribution in [3.63, 3.8) is 0 Å². The van der Waals surface area contributed by atoms with E-state index in [1.807, 2.05) is 18.1 Å². The molecule has 0 aromatic carbocycles. The SMILES string of the molecule is C=CC1=CN(C)[C-]=C(Br)C1=C.[Y]. The van der Waals surface area contributed by atoms with E-state index in [4.69, 9.17) is 0 Å². The van der Waals surface area contributed by atoms with Crippen LogP contribution in [-0.2, 0) is 32.7 Å². The number of halogens is 1. The van der Waals surface area contributed by atoms with Crippen LogP contribution in [0.25, 0.3) is 0 Å². The summed E-state index contributed by atoms with van der Waals surface area (Å²) in [5, 5.41) is 0. The van der Waals surface area contributed by atoms with Crippen molar-refractivity contribution >= 4 is 15.9 Å². The van der Waals surface area contributed by atoms with Crippen LogP contribution in [0.15, 0.2) is 41.1 Å². The van der Waals surface area contributed by atoms with E-state index in [0.717, 1.165) is 15.6 Å². The number of nitrogens with zero attached hydrogens (tertiary/aromatic N) is 1. The van der Waals surface area contributed by atoms with Gasteiger partial charge in [0.1, 0.15) is 0 Å². The van der Waals surface area contributed by atoms with Crippen molar-refractivity contribution in [1.29, 1.82) is 0 Å². The molecule has 0 N–H and O–H groups in total. The van der Waals surface area contributed by atoms with Crippen LogP contribution in [0.4, 0.5) is 0 Å². The molecule has 0 fully saturated rings. The molecular weight excluding hydrogens is 291 g/mol. The fourth-order valence-electron chi connectivity index (χ4n) is 0.844. The van der Waals surface area contributed by atoms with Crippen molar-refractivity contribution < 1.29 is 32.7 Å². The molecule has 0 aromatic rings. The maximum absolute atomic E-state index is 3.87. The maximum atomic E-state index is 3.87. The molecule has 0 atom stereocenters. The number of allylic oxidation sites excluding steroid dienone is 4. The Balaban J connectivity index is 0.00000121. The van der Waals surface area contributed by atoms with Crippen LogP contribution < -0.4 is 0 Å². The van der Waals surface area contributed by atoms with Gasteiger partial charge in [-0.1, -0.05) is 38.9 Å². The molecule has 1 radical (unpaired) electrons. The minimum absolute atomic E-state index is 0. The van der Waals surface area contributed by atoms with Gasteiger partial charge in [0.15, 0.2) is 0 Å². The molecule has 0 spiro atoms. The van der Waals surface area contributed by atoms with Crippen molar-refractivity contribution in [2.45, 2.75) is 0 Å². The standard InChI is InChI=1S/C9H9BrN.Y/c1-4-8-5-11(3)6-9(10)7(8)2;/h4-5H,1-2H2,3H3;/q-1;. The topological polar surface area (TPSA) is 3.24 Å². The molecule has 0 bridgehead atoms. The molecule has 0 unspecified atom stereocenters.